The van der Waals surface area contributed by atoms with Crippen molar-refractivity contribution in [1.29, 1.82) is 0 Å². The fraction of sp³-hybridized carbons (Fsp3) is 0.929. The van der Waals surface area contributed by atoms with E-state index >= 15 is 0 Å². The lowest BCUT2D eigenvalue weighted by Crippen LogP contribution is -2.60. The molecule has 0 aromatic carbocycles. The molecule has 1 saturated heterocycles. The molecule has 1 heterocycles. The van der Waals surface area contributed by atoms with E-state index in [1.54, 1.807) is 7.11 Å². The highest BCUT2D eigenvalue weighted by molar-refractivity contribution is 5.81. The summed E-state index contributed by atoms with van der Waals surface area (Å²) in [5, 5.41) is 0. The van der Waals surface area contributed by atoms with Crippen LogP contribution in [-0.4, -0.2) is 56.4 Å². The third-order valence-electron chi connectivity index (χ3n) is 4.63. The number of hydrogen-bond acceptors (Lipinski definition) is 5. The molecule has 110 valence electrons. The highest BCUT2D eigenvalue weighted by Gasteiger charge is 2.50. The van der Waals surface area contributed by atoms with E-state index in [2.05, 4.69) is 11.8 Å². The molecule has 1 aliphatic carbocycles. The molecule has 1 aliphatic heterocycles. The molecule has 5 heteroatoms. The number of nitrogens with zero attached hydrogens (tertiary/aromatic N) is 1. The minimum Gasteiger partial charge on any atom is -0.468 e. The van der Waals surface area contributed by atoms with Crippen LogP contribution in [0.4, 0.5) is 0 Å². The van der Waals surface area contributed by atoms with Crippen LogP contribution < -0.4 is 5.73 Å². The Kier molecular flexibility index (Phi) is 4.48. The van der Waals surface area contributed by atoms with Gasteiger partial charge in [-0.1, -0.05) is 6.92 Å². The first kappa shape index (κ1) is 14.8. The molecule has 2 rings (SSSR count). The number of methoxy groups -OCH3 is 2. The van der Waals surface area contributed by atoms with Crippen molar-refractivity contribution in [3.8, 4) is 0 Å². The van der Waals surface area contributed by atoms with Crippen LogP contribution in [0.2, 0.25) is 0 Å². The van der Waals surface area contributed by atoms with Gasteiger partial charge in [0.05, 0.1) is 13.2 Å². The molecule has 5 nitrogen and oxygen atoms in total. The van der Waals surface area contributed by atoms with Gasteiger partial charge in [-0.2, -0.15) is 0 Å². The molecule has 0 aromatic rings. The van der Waals surface area contributed by atoms with Gasteiger partial charge < -0.3 is 15.2 Å². The van der Waals surface area contributed by atoms with Crippen LogP contribution >= 0.6 is 0 Å². The molecule has 2 N–H and O–H groups in total. The first-order chi connectivity index (χ1) is 9.01. The van der Waals surface area contributed by atoms with Gasteiger partial charge in [-0.25, -0.2) is 0 Å². The van der Waals surface area contributed by atoms with Crippen LogP contribution in [0.5, 0.6) is 0 Å². The summed E-state index contributed by atoms with van der Waals surface area (Å²) in [6.07, 6.45) is 3.38. The number of esters is 1. The summed E-state index contributed by atoms with van der Waals surface area (Å²) in [6, 6.07) is 0. The quantitative estimate of drug-likeness (QED) is 0.742. The molecule has 0 aromatic heterocycles. The Hall–Kier alpha value is -0.650. The van der Waals surface area contributed by atoms with Gasteiger partial charge in [-0.05, 0) is 37.6 Å². The third kappa shape index (κ3) is 3.09. The smallest absolute Gasteiger partial charge is 0.327 e. The number of carbonyl (C=O) groups excluding carboxylic acids is 1. The molecule has 0 spiro atoms. The molecular formula is C14H26N2O3. The second-order valence-corrected chi connectivity index (χ2v) is 6.08. The Morgan fingerprint density at radius 2 is 2.05 bits per heavy atom. The first-order valence-electron chi connectivity index (χ1n) is 7.13. The third-order valence-corrected chi connectivity index (χ3v) is 4.63. The fourth-order valence-electron chi connectivity index (χ4n) is 3.07. The maximum Gasteiger partial charge on any atom is 0.327 e. The van der Waals surface area contributed by atoms with E-state index in [4.69, 9.17) is 15.2 Å². The average Bonchev–Trinajstić information content (AvgIpc) is 3.24. The Bertz CT molecular complexity index is 333. The largest absolute Gasteiger partial charge is 0.468 e. The van der Waals surface area contributed by atoms with Crippen LogP contribution in [0.1, 0.15) is 26.2 Å². The van der Waals surface area contributed by atoms with Gasteiger partial charge in [-0.3, -0.25) is 9.69 Å². The summed E-state index contributed by atoms with van der Waals surface area (Å²) >= 11 is 0. The van der Waals surface area contributed by atoms with E-state index in [0.717, 1.165) is 32.4 Å². The van der Waals surface area contributed by atoms with E-state index in [1.807, 2.05) is 0 Å². The van der Waals surface area contributed by atoms with Crippen LogP contribution in [-0.2, 0) is 14.3 Å². The van der Waals surface area contributed by atoms with Crippen molar-refractivity contribution in [3.05, 3.63) is 0 Å². The van der Waals surface area contributed by atoms with Crippen LogP contribution in [0.3, 0.4) is 0 Å². The van der Waals surface area contributed by atoms with Crippen LogP contribution in [0.15, 0.2) is 0 Å². The van der Waals surface area contributed by atoms with Crippen molar-refractivity contribution in [2.45, 2.75) is 37.8 Å². The van der Waals surface area contributed by atoms with Crippen molar-refractivity contribution in [1.82, 2.24) is 4.90 Å². The maximum absolute atomic E-state index is 12.0. The summed E-state index contributed by atoms with van der Waals surface area (Å²) in [6.45, 7) is 4.61. The highest BCUT2D eigenvalue weighted by Crippen LogP contribution is 2.39. The lowest BCUT2D eigenvalue weighted by atomic mass is 9.90. The van der Waals surface area contributed by atoms with Gasteiger partial charge in [0.15, 0.2) is 0 Å². The number of ether oxygens (including phenoxy) is 2. The van der Waals surface area contributed by atoms with Crippen molar-refractivity contribution in [2.75, 3.05) is 33.9 Å². The summed E-state index contributed by atoms with van der Waals surface area (Å²) < 4.78 is 10.4. The van der Waals surface area contributed by atoms with Gasteiger partial charge in [0, 0.05) is 20.2 Å². The van der Waals surface area contributed by atoms with Gasteiger partial charge in [0.25, 0.3) is 0 Å². The van der Waals surface area contributed by atoms with Crippen molar-refractivity contribution in [3.63, 3.8) is 0 Å². The Morgan fingerprint density at radius 1 is 1.37 bits per heavy atom. The first-order valence-corrected chi connectivity index (χ1v) is 7.13. The standard InChI is InChI=1S/C14H26N2O3/c1-10-6-7-16(8-12(10)18-2)9-14(15,11-4-5-11)13(17)19-3/h10-12H,4-9,15H2,1-3H3. The Balaban J connectivity index is 2.00. The molecule has 0 bridgehead atoms. The molecule has 0 amide bonds. The monoisotopic (exact) mass is 270 g/mol. The Labute approximate surface area is 115 Å². The molecule has 19 heavy (non-hydrogen) atoms. The van der Waals surface area contributed by atoms with Crippen LogP contribution in [0.25, 0.3) is 0 Å². The molecule has 2 aliphatic rings. The molecule has 1 saturated carbocycles. The van der Waals surface area contributed by atoms with E-state index < -0.39 is 5.54 Å². The number of piperidine rings is 1. The molecular weight excluding hydrogens is 244 g/mol. The number of nitrogens with two attached hydrogens (primary N) is 1. The minimum atomic E-state index is -0.840. The van der Waals surface area contributed by atoms with E-state index in [0.29, 0.717) is 12.5 Å². The zero-order valence-corrected chi connectivity index (χ0v) is 12.2. The zero-order valence-electron chi connectivity index (χ0n) is 12.2. The summed E-state index contributed by atoms with van der Waals surface area (Å²) in [4.78, 5) is 14.3. The topological polar surface area (TPSA) is 64.8 Å². The van der Waals surface area contributed by atoms with E-state index in [-0.39, 0.29) is 18.0 Å². The number of hydrogen-bond donors (Lipinski definition) is 1. The zero-order chi connectivity index (χ0) is 14.0. The molecule has 3 unspecified atom stereocenters. The van der Waals surface area contributed by atoms with Gasteiger partial charge in [0.1, 0.15) is 5.54 Å². The average molecular weight is 270 g/mol. The summed E-state index contributed by atoms with van der Waals surface area (Å²) in [7, 11) is 3.17. The molecule has 0 radical (unpaired) electrons. The second kappa shape index (κ2) is 5.77. The normalized spacial score (nSPS) is 31.8. The fourth-order valence-corrected chi connectivity index (χ4v) is 3.07. The highest BCUT2D eigenvalue weighted by atomic mass is 16.5. The minimum absolute atomic E-state index is 0.231. The molecule has 3 atom stereocenters. The number of likely N-dealkylation sites (tertiary alicyclic amines) is 1. The Morgan fingerprint density at radius 3 is 2.58 bits per heavy atom. The van der Waals surface area contributed by atoms with Crippen molar-refractivity contribution in [2.24, 2.45) is 17.6 Å². The van der Waals surface area contributed by atoms with E-state index in [1.165, 1.54) is 7.11 Å². The van der Waals surface area contributed by atoms with Gasteiger partial charge in [0.2, 0.25) is 0 Å². The second-order valence-electron chi connectivity index (χ2n) is 6.08. The lowest BCUT2D eigenvalue weighted by molar-refractivity contribution is -0.149. The lowest BCUT2D eigenvalue weighted by Gasteiger charge is -2.40. The van der Waals surface area contributed by atoms with E-state index in [9.17, 15) is 4.79 Å². The van der Waals surface area contributed by atoms with Crippen molar-refractivity contribution >= 4 is 5.97 Å². The SMILES string of the molecule is COC(=O)C(N)(CN1CCC(C)C(OC)C1)C1CC1. The maximum atomic E-state index is 12.0. The van der Waals surface area contributed by atoms with Gasteiger partial charge in [-0.15, -0.1) is 0 Å². The van der Waals surface area contributed by atoms with Crippen LogP contribution in [0, 0.1) is 11.8 Å². The van der Waals surface area contributed by atoms with Crippen molar-refractivity contribution < 1.29 is 14.3 Å². The number of rotatable bonds is 5. The number of carbonyl (C=O) groups is 1. The predicted molar refractivity (Wildman–Crippen MR) is 72.7 cm³/mol. The molecule has 2 fully saturated rings. The summed E-state index contributed by atoms with van der Waals surface area (Å²) in [5.41, 5.74) is 5.51. The van der Waals surface area contributed by atoms with Gasteiger partial charge >= 0.3 is 5.97 Å². The summed E-state index contributed by atoms with van der Waals surface area (Å²) in [5.74, 6) is 0.565. The predicted octanol–water partition coefficient (Wildman–Crippen LogP) is 0.624.